The van der Waals surface area contributed by atoms with Crippen LogP contribution in [0.1, 0.15) is 373 Å². The average molecular weight is 1190 g/mol. The Labute approximate surface area is 515 Å². The van der Waals surface area contributed by atoms with Crippen LogP contribution in [0.5, 0.6) is 0 Å². The van der Waals surface area contributed by atoms with E-state index in [4.69, 9.17) is 24.3 Å². The van der Waals surface area contributed by atoms with Crippen LogP contribution in [0, 0.1) is 0 Å². The van der Waals surface area contributed by atoms with Gasteiger partial charge in [-0.3, -0.25) is 18.6 Å². The Bertz CT molecular complexity index is 1500. The van der Waals surface area contributed by atoms with Gasteiger partial charge in [0, 0.05) is 19.4 Å². The highest BCUT2D eigenvalue weighted by Crippen LogP contribution is 2.43. The second-order valence-electron chi connectivity index (χ2n) is 24.5. The number of ether oxygens (including phenoxy) is 2. The van der Waals surface area contributed by atoms with Crippen LogP contribution in [0.3, 0.4) is 0 Å². The minimum absolute atomic E-state index is 0.0553. The van der Waals surface area contributed by atoms with Crippen LogP contribution < -0.4 is 5.73 Å². The van der Waals surface area contributed by atoms with Gasteiger partial charge in [-0.05, 0) is 77.0 Å². The summed E-state index contributed by atoms with van der Waals surface area (Å²) in [6, 6.07) is 0. The molecule has 0 aromatic rings. The number of hydrogen-bond donors (Lipinski definition) is 2. The summed E-state index contributed by atoms with van der Waals surface area (Å²) >= 11 is 0. The minimum atomic E-state index is -4.39. The van der Waals surface area contributed by atoms with Crippen molar-refractivity contribution in [2.24, 2.45) is 5.73 Å². The highest BCUT2D eigenvalue weighted by atomic mass is 31.2. The van der Waals surface area contributed by atoms with Crippen molar-refractivity contribution in [3.63, 3.8) is 0 Å². The van der Waals surface area contributed by atoms with E-state index in [2.05, 4.69) is 62.5 Å². The molecule has 83 heavy (non-hydrogen) atoms. The van der Waals surface area contributed by atoms with E-state index in [1.165, 1.54) is 295 Å². The van der Waals surface area contributed by atoms with E-state index in [-0.39, 0.29) is 38.6 Å². The van der Waals surface area contributed by atoms with Gasteiger partial charge in [-0.2, -0.15) is 0 Å². The maximum atomic E-state index is 12.8. The number of carbonyl (C=O) groups excluding carboxylic acids is 2. The van der Waals surface area contributed by atoms with Gasteiger partial charge in [0.05, 0.1) is 13.2 Å². The molecule has 0 aromatic carbocycles. The predicted octanol–water partition coefficient (Wildman–Crippen LogP) is 23.6. The minimum Gasteiger partial charge on any atom is -0.462 e. The lowest BCUT2D eigenvalue weighted by atomic mass is 10.0. The van der Waals surface area contributed by atoms with Crippen LogP contribution >= 0.6 is 7.82 Å². The second-order valence-corrected chi connectivity index (χ2v) is 25.9. The largest absolute Gasteiger partial charge is 0.472 e. The van der Waals surface area contributed by atoms with Crippen molar-refractivity contribution < 1.29 is 37.6 Å². The Morgan fingerprint density at radius 3 is 0.916 bits per heavy atom. The van der Waals surface area contributed by atoms with Crippen LogP contribution in [0.25, 0.3) is 0 Å². The summed E-state index contributed by atoms with van der Waals surface area (Å²) in [5.74, 6) is -0.807. The lowest BCUT2D eigenvalue weighted by Crippen LogP contribution is -2.29. The first kappa shape index (κ1) is 81.0. The molecule has 0 bridgehead atoms. The molecule has 0 spiro atoms. The van der Waals surface area contributed by atoms with Crippen molar-refractivity contribution in [3.8, 4) is 0 Å². The van der Waals surface area contributed by atoms with Gasteiger partial charge >= 0.3 is 19.8 Å². The standard InChI is InChI=1S/C73H138NO8P/c1-3-5-7-9-11-13-15-17-19-21-23-25-27-29-31-33-34-35-36-38-40-42-44-46-48-50-52-54-56-58-60-62-64-66-73(76)82-71(70-81-83(77,78)80-68-67-74)69-79-72(75)65-63-61-59-57-55-53-51-49-47-45-43-41-39-37-32-30-28-26-24-22-20-18-16-14-12-10-8-6-4-2/h15-18,21-24,71H,3-14,19-20,25-70,74H2,1-2H3,(H,77,78)/b17-15-,18-16-,23-21-,24-22-. The second kappa shape index (κ2) is 69.1. The summed E-state index contributed by atoms with van der Waals surface area (Å²) in [5.41, 5.74) is 5.41. The SMILES string of the molecule is CCCCCCC/C=C\C/C=C\CCCCCCCCCCCCCCCCCCCCCCCC(=O)OC(COC(=O)CCCCCCCCCCCCCCCCCCC/C=C\C/C=C\CCCCCCC)COP(=O)(O)OCCN. The smallest absolute Gasteiger partial charge is 0.462 e. The van der Waals surface area contributed by atoms with Crippen LogP contribution in [-0.4, -0.2) is 49.3 Å². The number of rotatable bonds is 69. The summed E-state index contributed by atoms with van der Waals surface area (Å²) in [5, 5.41) is 0. The molecule has 0 saturated carbocycles. The third-order valence-electron chi connectivity index (χ3n) is 16.2. The molecular formula is C73H138NO8P. The van der Waals surface area contributed by atoms with E-state index >= 15 is 0 Å². The third-order valence-corrected chi connectivity index (χ3v) is 17.2. The highest BCUT2D eigenvalue weighted by Gasteiger charge is 2.26. The molecule has 0 amide bonds. The van der Waals surface area contributed by atoms with Gasteiger partial charge in [-0.25, -0.2) is 4.57 Å². The number of carbonyl (C=O) groups is 2. The molecular weight excluding hydrogens is 1050 g/mol. The quantitative estimate of drug-likeness (QED) is 0.0264. The molecule has 9 nitrogen and oxygen atoms in total. The molecule has 0 aliphatic carbocycles. The summed E-state index contributed by atoms with van der Waals surface area (Å²) in [4.78, 5) is 35.4. The first-order valence-electron chi connectivity index (χ1n) is 36.1. The van der Waals surface area contributed by atoms with E-state index < -0.39 is 26.5 Å². The fourth-order valence-electron chi connectivity index (χ4n) is 10.8. The Kier molecular flexibility index (Phi) is 67.4. The Hall–Kier alpha value is -2.03. The fraction of sp³-hybridized carbons (Fsp3) is 0.863. The molecule has 10 heteroatoms. The lowest BCUT2D eigenvalue weighted by Gasteiger charge is -2.19. The summed E-state index contributed by atoms with van der Waals surface area (Å²) in [6.07, 6.45) is 87.9. The molecule has 0 saturated heterocycles. The molecule has 0 aliphatic heterocycles. The van der Waals surface area contributed by atoms with Gasteiger partial charge in [-0.15, -0.1) is 0 Å². The number of nitrogens with two attached hydrogens (primary N) is 1. The van der Waals surface area contributed by atoms with Crippen molar-refractivity contribution >= 4 is 19.8 Å². The van der Waals surface area contributed by atoms with Crippen molar-refractivity contribution in [2.75, 3.05) is 26.4 Å². The van der Waals surface area contributed by atoms with Crippen LogP contribution in [0.4, 0.5) is 0 Å². The van der Waals surface area contributed by atoms with Gasteiger partial charge in [0.15, 0.2) is 6.10 Å². The van der Waals surface area contributed by atoms with Crippen LogP contribution in [0.15, 0.2) is 48.6 Å². The topological polar surface area (TPSA) is 134 Å². The number of esters is 2. The van der Waals surface area contributed by atoms with Crippen molar-refractivity contribution in [1.29, 1.82) is 0 Å². The molecule has 488 valence electrons. The average Bonchev–Trinajstić information content (AvgIpc) is 3.49. The number of phosphoric acid groups is 1. The molecule has 0 rings (SSSR count). The zero-order valence-corrected chi connectivity index (χ0v) is 55.8. The van der Waals surface area contributed by atoms with E-state index in [1.54, 1.807) is 0 Å². The van der Waals surface area contributed by atoms with Crippen molar-refractivity contribution in [1.82, 2.24) is 0 Å². The normalized spacial score (nSPS) is 13.2. The van der Waals surface area contributed by atoms with Gasteiger partial charge in [-0.1, -0.05) is 332 Å². The van der Waals surface area contributed by atoms with Gasteiger partial charge in [0.25, 0.3) is 0 Å². The molecule has 0 aliphatic rings. The molecule has 0 radical (unpaired) electrons. The maximum Gasteiger partial charge on any atom is 0.472 e. The molecule has 0 aromatic heterocycles. The van der Waals surface area contributed by atoms with E-state index in [0.29, 0.717) is 6.42 Å². The van der Waals surface area contributed by atoms with E-state index in [0.717, 1.165) is 44.9 Å². The fourth-order valence-corrected chi connectivity index (χ4v) is 11.6. The Morgan fingerprint density at radius 2 is 0.627 bits per heavy atom. The molecule has 2 unspecified atom stereocenters. The van der Waals surface area contributed by atoms with Gasteiger partial charge in [0.1, 0.15) is 6.61 Å². The van der Waals surface area contributed by atoms with Crippen molar-refractivity contribution in [2.45, 2.75) is 380 Å². The summed E-state index contributed by atoms with van der Waals surface area (Å²) in [6.45, 7) is 3.79. The molecule has 3 N–H and O–H groups in total. The third kappa shape index (κ3) is 68.9. The van der Waals surface area contributed by atoms with E-state index in [9.17, 15) is 19.0 Å². The maximum absolute atomic E-state index is 12.8. The summed E-state index contributed by atoms with van der Waals surface area (Å²) in [7, 11) is -4.39. The van der Waals surface area contributed by atoms with Crippen molar-refractivity contribution in [3.05, 3.63) is 48.6 Å². The molecule has 2 atom stereocenters. The Balaban J connectivity index is 3.81. The number of allylic oxidation sites excluding steroid dienone is 8. The predicted molar refractivity (Wildman–Crippen MR) is 358 cm³/mol. The van der Waals surface area contributed by atoms with Gasteiger partial charge in [0.2, 0.25) is 0 Å². The number of hydrogen-bond acceptors (Lipinski definition) is 8. The highest BCUT2D eigenvalue weighted by molar-refractivity contribution is 7.47. The van der Waals surface area contributed by atoms with E-state index in [1.807, 2.05) is 0 Å². The van der Waals surface area contributed by atoms with Crippen LogP contribution in [-0.2, 0) is 32.7 Å². The first-order chi connectivity index (χ1) is 40.8. The lowest BCUT2D eigenvalue weighted by molar-refractivity contribution is -0.161. The number of phosphoric ester groups is 1. The monoisotopic (exact) mass is 1190 g/mol. The zero-order valence-electron chi connectivity index (χ0n) is 55.0. The zero-order chi connectivity index (χ0) is 60.1. The van der Waals surface area contributed by atoms with Gasteiger partial charge < -0.3 is 20.1 Å². The molecule has 0 fully saturated rings. The molecule has 0 heterocycles. The number of unbranched alkanes of at least 4 members (excludes halogenated alkanes) is 48. The van der Waals surface area contributed by atoms with Crippen LogP contribution in [0.2, 0.25) is 0 Å². The summed E-state index contributed by atoms with van der Waals surface area (Å²) < 4.78 is 33.2. The Morgan fingerprint density at radius 1 is 0.361 bits per heavy atom. The first-order valence-corrected chi connectivity index (χ1v) is 37.6.